The lowest BCUT2D eigenvalue weighted by atomic mass is 10.1. The van der Waals surface area contributed by atoms with Crippen LogP contribution in [0.1, 0.15) is 37.4 Å². The molecule has 17 heavy (non-hydrogen) atoms. The van der Waals surface area contributed by atoms with E-state index < -0.39 is 0 Å². The molecule has 96 valence electrons. The molecular weight excluding hydrogens is 214 g/mol. The summed E-state index contributed by atoms with van der Waals surface area (Å²) < 4.78 is 6.94. The van der Waals surface area contributed by atoms with Crippen LogP contribution in [0.2, 0.25) is 0 Å². The van der Waals surface area contributed by atoms with Crippen LogP contribution in [0.25, 0.3) is 0 Å². The summed E-state index contributed by atoms with van der Waals surface area (Å²) in [6.45, 7) is 10.4. The van der Waals surface area contributed by atoms with Crippen molar-refractivity contribution in [1.29, 1.82) is 0 Å². The van der Waals surface area contributed by atoms with Gasteiger partial charge in [0, 0.05) is 25.4 Å². The Morgan fingerprint density at radius 2 is 2.35 bits per heavy atom. The van der Waals surface area contributed by atoms with Gasteiger partial charge in [0.2, 0.25) is 0 Å². The first-order chi connectivity index (χ1) is 8.15. The third-order valence-electron chi connectivity index (χ3n) is 2.53. The zero-order valence-corrected chi connectivity index (χ0v) is 11.1. The molecule has 0 atom stereocenters. The van der Waals surface area contributed by atoms with Crippen molar-refractivity contribution in [3.8, 4) is 0 Å². The smallest absolute Gasteiger partial charge is 0.0885 e. The molecule has 4 heteroatoms. The highest BCUT2D eigenvalue weighted by Gasteiger charge is 2.10. The molecule has 0 radical (unpaired) electrons. The average molecular weight is 237 g/mol. The van der Waals surface area contributed by atoms with Crippen LogP contribution >= 0.6 is 0 Å². The van der Waals surface area contributed by atoms with Crippen molar-refractivity contribution in [2.45, 2.75) is 32.7 Å². The van der Waals surface area contributed by atoms with E-state index in [0.29, 0.717) is 5.92 Å². The molecule has 0 amide bonds. The van der Waals surface area contributed by atoms with Gasteiger partial charge in [0.15, 0.2) is 0 Å². The lowest BCUT2D eigenvalue weighted by Gasteiger charge is -2.06. The summed E-state index contributed by atoms with van der Waals surface area (Å²) in [5.74, 6) is 0.470. The van der Waals surface area contributed by atoms with Gasteiger partial charge in [0.1, 0.15) is 0 Å². The van der Waals surface area contributed by atoms with E-state index in [1.807, 2.05) is 11.7 Å². The number of hydrogen-bond donors (Lipinski definition) is 1. The SMILES string of the molecule is C=COCCCNCc1cn(C)nc1C(C)C. The van der Waals surface area contributed by atoms with Crippen LogP contribution in [0.3, 0.4) is 0 Å². The molecule has 0 saturated carbocycles. The van der Waals surface area contributed by atoms with E-state index >= 15 is 0 Å². The summed E-state index contributed by atoms with van der Waals surface area (Å²) in [6.07, 6.45) is 4.56. The highest BCUT2D eigenvalue weighted by molar-refractivity contribution is 5.19. The fourth-order valence-corrected chi connectivity index (χ4v) is 1.76. The number of aromatic nitrogens is 2. The summed E-state index contributed by atoms with van der Waals surface area (Å²) in [5.41, 5.74) is 2.47. The predicted octanol–water partition coefficient (Wildman–Crippen LogP) is 2.18. The molecule has 0 aliphatic carbocycles. The summed E-state index contributed by atoms with van der Waals surface area (Å²) in [7, 11) is 1.97. The molecule has 1 aromatic rings. The zero-order chi connectivity index (χ0) is 12.7. The summed E-state index contributed by atoms with van der Waals surface area (Å²) in [6, 6.07) is 0. The largest absolute Gasteiger partial charge is 0.502 e. The molecule has 0 aromatic carbocycles. The number of nitrogens with one attached hydrogen (secondary N) is 1. The first-order valence-electron chi connectivity index (χ1n) is 6.10. The maximum atomic E-state index is 5.06. The minimum Gasteiger partial charge on any atom is -0.502 e. The third-order valence-corrected chi connectivity index (χ3v) is 2.53. The van der Waals surface area contributed by atoms with E-state index in [1.165, 1.54) is 17.5 Å². The number of aryl methyl sites for hydroxylation is 1. The van der Waals surface area contributed by atoms with Crippen molar-refractivity contribution < 1.29 is 4.74 Å². The van der Waals surface area contributed by atoms with Crippen LogP contribution in [-0.4, -0.2) is 22.9 Å². The Bertz CT molecular complexity index is 344. The molecule has 0 aliphatic rings. The first kappa shape index (κ1) is 13.8. The van der Waals surface area contributed by atoms with Crippen molar-refractivity contribution in [2.24, 2.45) is 7.05 Å². The molecule has 1 heterocycles. The Hall–Kier alpha value is -1.29. The molecule has 1 rings (SSSR count). The summed E-state index contributed by atoms with van der Waals surface area (Å²) in [5, 5.41) is 7.88. The van der Waals surface area contributed by atoms with E-state index in [4.69, 9.17) is 4.74 Å². The van der Waals surface area contributed by atoms with Gasteiger partial charge in [-0.3, -0.25) is 4.68 Å². The van der Waals surface area contributed by atoms with Crippen LogP contribution in [0.15, 0.2) is 19.0 Å². The van der Waals surface area contributed by atoms with Crippen molar-refractivity contribution in [3.63, 3.8) is 0 Å². The Kier molecular flexibility index (Phi) is 5.77. The Morgan fingerprint density at radius 1 is 1.59 bits per heavy atom. The van der Waals surface area contributed by atoms with Gasteiger partial charge in [-0.25, -0.2) is 0 Å². The van der Waals surface area contributed by atoms with Crippen LogP contribution in [0.4, 0.5) is 0 Å². The van der Waals surface area contributed by atoms with Gasteiger partial charge in [-0.2, -0.15) is 5.10 Å². The summed E-state index contributed by atoms with van der Waals surface area (Å²) >= 11 is 0. The number of hydrogen-bond acceptors (Lipinski definition) is 3. The molecule has 0 bridgehead atoms. The van der Waals surface area contributed by atoms with Gasteiger partial charge >= 0.3 is 0 Å². The molecule has 4 nitrogen and oxygen atoms in total. The van der Waals surface area contributed by atoms with Gasteiger partial charge in [-0.15, -0.1) is 0 Å². The maximum absolute atomic E-state index is 5.06. The quantitative estimate of drug-likeness (QED) is 0.556. The normalized spacial score (nSPS) is 10.8. The minimum atomic E-state index is 0.470. The van der Waals surface area contributed by atoms with E-state index in [9.17, 15) is 0 Å². The Labute approximate surface area is 104 Å². The molecule has 1 N–H and O–H groups in total. The van der Waals surface area contributed by atoms with Gasteiger partial charge in [-0.05, 0) is 18.9 Å². The fraction of sp³-hybridized carbons (Fsp3) is 0.615. The van der Waals surface area contributed by atoms with Crippen molar-refractivity contribution in [3.05, 3.63) is 30.3 Å². The lowest BCUT2D eigenvalue weighted by Crippen LogP contribution is -2.16. The number of rotatable bonds is 8. The Balaban J connectivity index is 2.33. The highest BCUT2D eigenvalue weighted by Crippen LogP contribution is 2.16. The van der Waals surface area contributed by atoms with Gasteiger partial charge in [0.25, 0.3) is 0 Å². The number of nitrogens with zero attached hydrogens (tertiary/aromatic N) is 2. The maximum Gasteiger partial charge on any atom is 0.0885 e. The molecule has 0 aliphatic heterocycles. The van der Waals surface area contributed by atoms with E-state index in [2.05, 4.69) is 37.0 Å². The summed E-state index contributed by atoms with van der Waals surface area (Å²) in [4.78, 5) is 0. The fourth-order valence-electron chi connectivity index (χ4n) is 1.76. The molecule has 0 saturated heterocycles. The second-order valence-electron chi connectivity index (χ2n) is 4.44. The van der Waals surface area contributed by atoms with Crippen LogP contribution in [0, 0.1) is 0 Å². The van der Waals surface area contributed by atoms with E-state index in [-0.39, 0.29) is 0 Å². The van der Waals surface area contributed by atoms with Crippen molar-refractivity contribution >= 4 is 0 Å². The second kappa shape index (κ2) is 7.12. The van der Waals surface area contributed by atoms with Crippen molar-refractivity contribution in [1.82, 2.24) is 15.1 Å². The molecule has 0 spiro atoms. The predicted molar refractivity (Wildman–Crippen MR) is 69.8 cm³/mol. The van der Waals surface area contributed by atoms with Crippen LogP contribution in [-0.2, 0) is 18.3 Å². The van der Waals surface area contributed by atoms with E-state index in [0.717, 1.165) is 26.1 Å². The van der Waals surface area contributed by atoms with Gasteiger partial charge in [-0.1, -0.05) is 20.4 Å². The standard InChI is InChI=1S/C13H23N3O/c1-5-17-8-6-7-14-9-12-10-16(4)15-13(12)11(2)3/h5,10-11,14H,1,6-9H2,2-4H3. The van der Waals surface area contributed by atoms with Gasteiger partial charge < -0.3 is 10.1 Å². The van der Waals surface area contributed by atoms with Gasteiger partial charge in [0.05, 0.1) is 18.6 Å². The van der Waals surface area contributed by atoms with Crippen LogP contribution < -0.4 is 5.32 Å². The minimum absolute atomic E-state index is 0.470. The van der Waals surface area contributed by atoms with Crippen LogP contribution in [0.5, 0.6) is 0 Å². The monoisotopic (exact) mass is 237 g/mol. The zero-order valence-electron chi connectivity index (χ0n) is 11.1. The van der Waals surface area contributed by atoms with Crippen molar-refractivity contribution in [2.75, 3.05) is 13.2 Å². The molecule has 1 aromatic heterocycles. The second-order valence-corrected chi connectivity index (χ2v) is 4.44. The van der Waals surface area contributed by atoms with E-state index in [1.54, 1.807) is 0 Å². The first-order valence-corrected chi connectivity index (χ1v) is 6.10. The highest BCUT2D eigenvalue weighted by atomic mass is 16.5. The molecular formula is C13H23N3O. The molecule has 0 fully saturated rings. The molecule has 0 unspecified atom stereocenters. The lowest BCUT2D eigenvalue weighted by molar-refractivity contribution is 0.244. The topological polar surface area (TPSA) is 39.1 Å². The number of ether oxygens (including phenoxy) is 1. The average Bonchev–Trinajstić information content (AvgIpc) is 2.65. The third kappa shape index (κ3) is 4.61. The Morgan fingerprint density at radius 3 is 3.00 bits per heavy atom.